The fraction of sp³-hybridized carbons (Fsp3) is 0.222. The molecule has 1 heterocycles. The summed E-state index contributed by atoms with van der Waals surface area (Å²) < 4.78 is 2.01. The van der Waals surface area contributed by atoms with Crippen molar-refractivity contribution in [3.05, 3.63) is 53.6 Å². The van der Waals surface area contributed by atoms with Crippen LogP contribution in [0.15, 0.2) is 53.7 Å². The van der Waals surface area contributed by atoms with E-state index >= 15 is 0 Å². The summed E-state index contributed by atoms with van der Waals surface area (Å²) >= 11 is 7.85. The van der Waals surface area contributed by atoms with Crippen molar-refractivity contribution in [3.8, 4) is 22.8 Å². The van der Waals surface area contributed by atoms with E-state index in [4.69, 9.17) is 11.6 Å². The third-order valence-electron chi connectivity index (χ3n) is 3.55. The van der Waals surface area contributed by atoms with Crippen LogP contribution in [0.4, 0.5) is 0 Å². The van der Waals surface area contributed by atoms with Gasteiger partial charge in [0.05, 0.1) is 5.69 Å². The van der Waals surface area contributed by atoms with Gasteiger partial charge in [0.1, 0.15) is 5.75 Å². The third kappa shape index (κ3) is 3.74. The van der Waals surface area contributed by atoms with Crippen LogP contribution in [-0.2, 0) is 0 Å². The maximum absolute atomic E-state index is 9.51. The Bertz CT molecular complexity index is 817. The molecule has 0 bridgehead atoms. The smallest absolute Gasteiger partial charge is 0.196 e. The highest BCUT2D eigenvalue weighted by Gasteiger charge is 2.16. The number of thioether (sulfide) groups is 1. The topological polar surface area (TPSA) is 50.9 Å². The van der Waals surface area contributed by atoms with Gasteiger partial charge in [0.2, 0.25) is 0 Å². The van der Waals surface area contributed by atoms with Gasteiger partial charge in [-0.05, 0) is 48.9 Å². The Labute approximate surface area is 150 Å². The number of aromatic nitrogens is 3. The lowest BCUT2D eigenvalue weighted by Crippen LogP contribution is -2.00. The monoisotopic (exact) mass is 359 g/mol. The molecule has 124 valence electrons. The van der Waals surface area contributed by atoms with Crippen LogP contribution < -0.4 is 0 Å². The van der Waals surface area contributed by atoms with Gasteiger partial charge in [0.15, 0.2) is 11.0 Å². The fourth-order valence-electron chi connectivity index (χ4n) is 2.32. The van der Waals surface area contributed by atoms with Crippen molar-refractivity contribution in [2.75, 3.05) is 5.75 Å². The van der Waals surface area contributed by atoms with Crippen molar-refractivity contribution >= 4 is 23.4 Å². The number of nitrogens with zero attached hydrogens (tertiary/aromatic N) is 3. The molecule has 0 unspecified atom stereocenters. The maximum Gasteiger partial charge on any atom is 0.196 e. The summed E-state index contributed by atoms with van der Waals surface area (Å²) in [7, 11) is 0. The molecule has 0 fully saturated rings. The minimum Gasteiger partial charge on any atom is -0.508 e. The largest absolute Gasteiger partial charge is 0.508 e. The van der Waals surface area contributed by atoms with E-state index in [9.17, 15) is 5.11 Å². The van der Waals surface area contributed by atoms with Crippen molar-refractivity contribution in [1.29, 1.82) is 0 Å². The molecule has 0 aliphatic carbocycles. The normalized spacial score (nSPS) is 10.9. The number of hydrogen-bond acceptors (Lipinski definition) is 4. The number of phenolic OH excluding ortho intramolecular Hbond substituents is 1. The highest BCUT2D eigenvalue weighted by molar-refractivity contribution is 7.99. The predicted molar refractivity (Wildman–Crippen MR) is 99.1 cm³/mol. The molecule has 3 rings (SSSR count). The lowest BCUT2D eigenvalue weighted by molar-refractivity contribution is 0.475. The molecule has 0 aliphatic heterocycles. The second kappa shape index (κ2) is 7.73. The van der Waals surface area contributed by atoms with Crippen LogP contribution >= 0.6 is 23.4 Å². The van der Waals surface area contributed by atoms with Crippen molar-refractivity contribution < 1.29 is 5.11 Å². The van der Waals surface area contributed by atoms with Gasteiger partial charge in [-0.1, -0.05) is 42.8 Å². The van der Waals surface area contributed by atoms with E-state index in [1.54, 1.807) is 23.9 Å². The summed E-state index contributed by atoms with van der Waals surface area (Å²) in [6.45, 7) is 2.17. The first-order valence-corrected chi connectivity index (χ1v) is 9.19. The molecule has 2 aromatic carbocycles. The molecule has 4 nitrogen and oxygen atoms in total. The van der Waals surface area contributed by atoms with Gasteiger partial charge >= 0.3 is 0 Å². The average molecular weight is 360 g/mol. The van der Waals surface area contributed by atoms with Gasteiger partial charge in [-0.25, -0.2) is 0 Å². The first-order chi connectivity index (χ1) is 11.7. The van der Waals surface area contributed by atoms with Gasteiger partial charge in [-0.3, -0.25) is 4.57 Å². The van der Waals surface area contributed by atoms with Crippen LogP contribution in [0.1, 0.15) is 19.8 Å². The Kier molecular flexibility index (Phi) is 5.43. The molecule has 6 heteroatoms. The van der Waals surface area contributed by atoms with Gasteiger partial charge in [0.25, 0.3) is 0 Å². The van der Waals surface area contributed by atoms with E-state index in [-0.39, 0.29) is 5.75 Å². The lowest BCUT2D eigenvalue weighted by Gasteiger charge is -2.10. The summed E-state index contributed by atoms with van der Waals surface area (Å²) in [4.78, 5) is 0. The van der Waals surface area contributed by atoms with Crippen LogP contribution in [0, 0.1) is 0 Å². The van der Waals surface area contributed by atoms with Gasteiger partial charge in [-0.15, -0.1) is 10.2 Å². The Hall–Kier alpha value is -1.98. The number of aromatic hydroxyl groups is 1. The van der Waals surface area contributed by atoms with Gasteiger partial charge in [-0.2, -0.15) is 0 Å². The van der Waals surface area contributed by atoms with E-state index in [1.807, 2.05) is 41.0 Å². The Morgan fingerprint density at radius 3 is 2.62 bits per heavy atom. The summed E-state index contributed by atoms with van der Waals surface area (Å²) in [5.74, 6) is 1.95. The van der Waals surface area contributed by atoms with Crippen LogP contribution in [0.25, 0.3) is 17.1 Å². The number of unbranched alkanes of at least 4 members (excludes halogenated alkanes) is 1. The van der Waals surface area contributed by atoms with Crippen molar-refractivity contribution in [3.63, 3.8) is 0 Å². The molecule has 0 spiro atoms. The SMILES string of the molecule is CCCCSc1nnc(-c2ccc(O)cc2)n1-c1cccc(Cl)c1. The second-order valence-corrected chi connectivity index (χ2v) is 6.87. The minimum absolute atomic E-state index is 0.227. The van der Waals surface area contributed by atoms with Crippen LogP contribution in [0.5, 0.6) is 5.75 Å². The van der Waals surface area contributed by atoms with Crippen LogP contribution in [-0.4, -0.2) is 25.6 Å². The van der Waals surface area contributed by atoms with Crippen molar-refractivity contribution in [1.82, 2.24) is 14.8 Å². The third-order valence-corrected chi connectivity index (χ3v) is 4.80. The van der Waals surface area contributed by atoms with Gasteiger partial charge in [0, 0.05) is 16.3 Å². The summed E-state index contributed by atoms with van der Waals surface area (Å²) in [5, 5.41) is 19.8. The molecular formula is C18H18ClN3OS. The fourth-order valence-corrected chi connectivity index (χ4v) is 3.54. The number of benzene rings is 2. The Morgan fingerprint density at radius 2 is 1.92 bits per heavy atom. The summed E-state index contributed by atoms with van der Waals surface area (Å²) in [6.07, 6.45) is 2.27. The highest BCUT2D eigenvalue weighted by Crippen LogP contribution is 2.30. The summed E-state index contributed by atoms with van der Waals surface area (Å²) in [5.41, 5.74) is 1.82. The average Bonchev–Trinajstić information content (AvgIpc) is 3.00. The molecule has 0 atom stereocenters. The predicted octanol–water partition coefficient (Wildman–Crippen LogP) is 5.19. The number of rotatable bonds is 6. The maximum atomic E-state index is 9.51. The zero-order chi connectivity index (χ0) is 16.9. The van der Waals surface area contributed by atoms with Crippen LogP contribution in [0.2, 0.25) is 5.02 Å². The molecule has 0 amide bonds. The Balaban J connectivity index is 2.07. The quantitative estimate of drug-likeness (QED) is 0.486. The molecule has 24 heavy (non-hydrogen) atoms. The van der Waals surface area contributed by atoms with E-state index in [0.717, 1.165) is 40.8 Å². The second-order valence-electron chi connectivity index (χ2n) is 5.37. The molecule has 3 aromatic rings. The van der Waals surface area contributed by atoms with E-state index in [2.05, 4.69) is 17.1 Å². The molecular weight excluding hydrogens is 342 g/mol. The van der Waals surface area contributed by atoms with Gasteiger partial charge < -0.3 is 5.11 Å². The molecule has 0 aliphatic rings. The molecule has 0 saturated heterocycles. The molecule has 0 saturated carbocycles. The van der Waals surface area contributed by atoms with Crippen molar-refractivity contribution in [2.45, 2.75) is 24.9 Å². The van der Waals surface area contributed by atoms with Crippen LogP contribution in [0.3, 0.4) is 0 Å². The zero-order valence-corrected chi connectivity index (χ0v) is 14.9. The number of phenols is 1. The highest BCUT2D eigenvalue weighted by atomic mass is 35.5. The molecule has 0 radical (unpaired) electrons. The van der Waals surface area contributed by atoms with E-state index in [1.165, 1.54) is 0 Å². The minimum atomic E-state index is 0.227. The number of halogens is 1. The van der Waals surface area contributed by atoms with E-state index in [0.29, 0.717) is 5.02 Å². The number of hydrogen-bond donors (Lipinski definition) is 1. The van der Waals surface area contributed by atoms with E-state index < -0.39 is 0 Å². The zero-order valence-electron chi connectivity index (χ0n) is 13.3. The van der Waals surface area contributed by atoms with Crippen molar-refractivity contribution in [2.24, 2.45) is 0 Å². The summed E-state index contributed by atoms with van der Waals surface area (Å²) in [6, 6.07) is 14.6. The molecule has 1 aromatic heterocycles. The Morgan fingerprint density at radius 1 is 1.12 bits per heavy atom. The lowest BCUT2D eigenvalue weighted by atomic mass is 10.2. The first-order valence-electron chi connectivity index (χ1n) is 7.82. The molecule has 1 N–H and O–H groups in total. The standard InChI is InChI=1S/C18H18ClN3OS/c1-2-3-11-24-18-21-20-17(13-7-9-16(23)10-8-13)22(18)15-6-4-5-14(19)12-15/h4-10,12,23H,2-3,11H2,1H3. The first kappa shape index (κ1) is 16.9.